The second-order valence-electron chi connectivity index (χ2n) is 10.9. The van der Waals surface area contributed by atoms with Gasteiger partial charge in [-0.05, 0) is 106 Å². The van der Waals surface area contributed by atoms with Crippen molar-refractivity contribution in [2.75, 3.05) is 6.79 Å². The number of aliphatic hydroxyl groups is 1. The second-order valence-corrected chi connectivity index (χ2v) is 10.9. The fourth-order valence-electron chi connectivity index (χ4n) is 8.71. The van der Waals surface area contributed by atoms with E-state index in [1.54, 1.807) is 0 Å². The molecule has 144 valence electrons. The normalized spacial score (nSPS) is 56.1. The summed E-state index contributed by atoms with van der Waals surface area (Å²) in [5, 5.41) is 10.4. The van der Waals surface area contributed by atoms with E-state index >= 15 is 0 Å². The summed E-state index contributed by atoms with van der Waals surface area (Å²) in [6, 6.07) is 0. The standard InChI is InChI=1S/C22H32O4/c23-19-17-6-14-7-18(19)10-22(8-14,9-17)21(24)26-11-25-20-15-2-12-1-13(4-15)5-16(20)3-12/h12-20,23H,1-11H2. The van der Waals surface area contributed by atoms with Gasteiger partial charge in [-0.25, -0.2) is 0 Å². The minimum absolute atomic E-state index is 0.0346. The van der Waals surface area contributed by atoms with Crippen molar-refractivity contribution >= 4 is 5.97 Å². The van der Waals surface area contributed by atoms with Crippen LogP contribution in [0.4, 0.5) is 0 Å². The first-order valence-corrected chi connectivity index (χ1v) is 11.1. The van der Waals surface area contributed by atoms with E-state index in [4.69, 9.17) is 9.47 Å². The van der Waals surface area contributed by atoms with E-state index in [9.17, 15) is 9.90 Å². The van der Waals surface area contributed by atoms with Gasteiger partial charge >= 0.3 is 5.97 Å². The van der Waals surface area contributed by atoms with Gasteiger partial charge in [-0.1, -0.05) is 0 Å². The number of esters is 1. The molecular weight excluding hydrogens is 328 g/mol. The molecule has 0 heterocycles. The van der Waals surface area contributed by atoms with Crippen LogP contribution >= 0.6 is 0 Å². The fraction of sp³-hybridized carbons (Fsp3) is 0.955. The minimum atomic E-state index is -0.316. The molecule has 0 spiro atoms. The van der Waals surface area contributed by atoms with Gasteiger partial charge in [0.05, 0.1) is 17.6 Å². The highest BCUT2D eigenvalue weighted by atomic mass is 16.7. The van der Waals surface area contributed by atoms with Gasteiger partial charge in [-0.15, -0.1) is 0 Å². The molecule has 0 amide bonds. The number of carbonyl (C=O) groups excluding carboxylic acids is 1. The maximum absolute atomic E-state index is 13.0. The molecule has 2 atom stereocenters. The molecule has 8 bridgehead atoms. The van der Waals surface area contributed by atoms with Gasteiger partial charge in [-0.2, -0.15) is 0 Å². The second kappa shape index (κ2) is 5.70. The summed E-state index contributed by atoms with van der Waals surface area (Å²) in [5.41, 5.74) is -0.316. The lowest BCUT2D eigenvalue weighted by atomic mass is 9.48. The Bertz CT molecular complexity index is 557. The molecule has 8 aliphatic rings. The van der Waals surface area contributed by atoms with Crippen LogP contribution in [0, 0.1) is 46.8 Å². The van der Waals surface area contributed by atoms with Crippen molar-refractivity contribution < 1.29 is 19.4 Å². The van der Waals surface area contributed by atoms with Crippen LogP contribution in [0.15, 0.2) is 0 Å². The molecule has 1 N–H and O–H groups in total. The molecule has 4 heteroatoms. The molecule has 0 saturated heterocycles. The highest BCUT2D eigenvalue weighted by molar-refractivity contribution is 5.77. The summed E-state index contributed by atoms with van der Waals surface area (Å²) >= 11 is 0. The number of rotatable bonds is 4. The Morgan fingerprint density at radius 3 is 2.00 bits per heavy atom. The Morgan fingerprint density at radius 2 is 1.38 bits per heavy atom. The van der Waals surface area contributed by atoms with Crippen molar-refractivity contribution in [3.63, 3.8) is 0 Å². The highest BCUT2D eigenvalue weighted by Gasteiger charge is 2.59. The van der Waals surface area contributed by atoms with E-state index in [1.807, 2.05) is 0 Å². The third kappa shape index (κ3) is 2.37. The molecule has 0 aromatic carbocycles. The Balaban J connectivity index is 1.08. The first kappa shape index (κ1) is 16.4. The largest absolute Gasteiger partial charge is 0.438 e. The predicted octanol–water partition coefficient (Wildman–Crippen LogP) is 3.52. The van der Waals surface area contributed by atoms with Gasteiger partial charge in [0.1, 0.15) is 0 Å². The first-order valence-electron chi connectivity index (χ1n) is 11.1. The zero-order chi connectivity index (χ0) is 17.5. The van der Waals surface area contributed by atoms with Crippen LogP contribution in [0.5, 0.6) is 0 Å². The van der Waals surface area contributed by atoms with Gasteiger partial charge in [0, 0.05) is 0 Å². The molecule has 8 fully saturated rings. The van der Waals surface area contributed by atoms with Gasteiger partial charge in [0.2, 0.25) is 0 Å². The molecule has 8 rings (SSSR count). The van der Waals surface area contributed by atoms with Crippen molar-refractivity contribution in [1.29, 1.82) is 0 Å². The average Bonchev–Trinajstić information content (AvgIpc) is 2.60. The highest BCUT2D eigenvalue weighted by Crippen LogP contribution is 2.60. The summed E-state index contributed by atoms with van der Waals surface area (Å²) < 4.78 is 11.9. The zero-order valence-corrected chi connectivity index (χ0v) is 15.6. The van der Waals surface area contributed by atoms with Crippen molar-refractivity contribution in [3.05, 3.63) is 0 Å². The van der Waals surface area contributed by atoms with Crippen molar-refractivity contribution in [2.45, 2.75) is 76.4 Å². The van der Waals surface area contributed by atoms with Gasteiger partial charge in [0.15, 0.2) is 6.79 Å². The molecule has 26 heavy (non-hydrogen) atoms. The van der Waals surface area contributed by atoms with Crippen molar-refractivity contribution in [3.8, 4) is 0 Å². The minimum Gasteiger partial charge on any atom is -0.438 e. The van der Waals surface area contributed by atoms with E-state index in [0.29, 0.717) is 35.7 Å². The Hall–Kier alpha value is -0.610. The number of aliphatic hydroxyl groups excluding tert-OH is 1. The number of hydrogen-bond donors (Lipinski definition) is 1. The fourth-order valence-corrected chi connectivity index (χ4v) is 8.71. The maximum Gasteiger partial charge on any atom is 0.314 e. The third-order valence-electron chi connectivity index (χ3n) is 9.25. The van der Waals surface area contributed by atoms with Crippen LogP contribution in [0.1, 0.15) is 64.2 Å². The van der Waals surface area contributed by atoms with Crippen LogP contribution in [-0.2, 0) is 14.3 Å². The van der Waals surface area contributed by atoms with Crippen LogP contribution < -0.4 is 0 Å². The van der Waals surface area contributed by atoms with Crippen molar-refractivity contribution in [2.24, 2.45) is 46.8 Å². The molecule has 2 unspecified atom stereocenters. The van der Waals surface area contributed by atoms with Crippen LogP contribution in [0.3, 0.4) is 0 Å². The van der Waals surface area contributed by atoms with E-state index in [1.165, 1.54) is 32.1 Å². The SMILES string of the molecule is O=C(OCOC1C2CC3CC(C2)CC1C3)C12CC3CC(C1)C(O)C(C3)C2. The molecule has 8 saturated carbocycles. The van der Waals surface area contributed by atoms with Gasteiger partial charge in [0.25, 0.3) is 0 Å². The molecule has 0 aliphatic heterocycles. The molecule has 0 aromatic rings. The third-order valence-corrected chi connectivity index (χ3v) is 9.25. The number of hydrogen-bond acceptors (Lipinski definition) is 4. The lowest BCUT2D eigenvalue weighted by Gasteiger charge is -2.57. The van der Waals surface area contributed by atoms with Crippen LogP contribution in [-0.4, -0.2) is 30.1 Å². The number of ether oxygens (including phenoxy) is 2. The summed E-state index contributed by atoms with van der Waals surface area (Å²) in [6.07, 6.45) is 11.8. The summed E-state index contributed by atoms with van der Waals surface area (Å²) in [5.74, 6) is 4.52. The van der Waals surface area contributed by atoms with Crippen LogP contribution in [0.25, 0.3) is 0 Å². The molecule has 8 aliphatic carbocycles. The lowest BCUT2D eigenvalue weighted by Crippen LogP contribution is -2.56. The Labute approximate surface area is 156 Å². The maximum atomic E-state index is 13.0. The summed E-state index contributed by atoms with van der Waals surface area (Å²) in [7, 11) is 0. The topological polar surface area (TPSA) is 55.8 Å². The quantitative estimate of drug-likeness (QED) is 0.616. The molecule has 4 nitrogen and oxygen atoms in total. The Kier molecular flexibility index (Phi) is 3.58. The smallest absolute Gasteiger partial charge is 0.314 e. The average molecular weight is 360 g/mol. The van der Waals surface area contributed by atoms with Gasteiger partial charge < -0.3 is 14.6 Å². The lowest BCUT2D eigenvalue weighted by molar-refractivity contribution is -0.209. The predicted molar refractivity (Wildman–Crippen MR) is 94.9 cm³/mol. The van der Waals surface area contributed by atoms with Crippen molar-refractivity contribution in [1.82, 2.24) is 0 Å². The first-order chi connectivity index (χ1) is 12.6. The number of carbonyl (C=O) groups is 1. The van der Waals surface area contributed by atoms with Crippen LogP contribution in [0.2, 0.25) is 0 Å². The van der Waals surface area contributed by atoms with Gasteiger partial charge in [-0.3, -0.25) is 4.79 Å². The Morgan fingerprint density at radius 1 is 0.808 bits per heavy atom. The summed E-state index contributed by atoms with van der Waals surface area (Å²) in [6.45, 7) is 0.149. The summed E-state index contributed by atoms with van der Waals surface area (Å²) in [4.78, 5) is 13.0. The molecule has 0 aromatic heterocycles. The molecular formula is C22H32O4. The zero-order valence-electron chi connectivity index (χ0n) is 15.6. The molecule has 0 radical (unpaired) electrons. The monoisotopic (exact) mass is 360 g/mol. The van der Waals surface area contributed by atoms with E-state index in [2.05, 4.69) is 0 Å². The van der Waals surface area contributed by atoms with E-state index in [0.717, 1.165) is 43.9 Å². The van der Waals surface area contributed by atoms with E-state index in [-0.39, 0.29) is 24.3 Å². The van der Waals surface area contributed by atoms with E-state index < -0.39 is 0 Å².